The van der Waals surface area contributed by atoms with E-state index in [9.17, 15) is 9.59 Å². The predicted molar refractivity (Wildman–Crippen MR) is 155 cm³/mol. The highest BCUT2D eigenvalue weighted by atomic mass is 35.5. The molecule has 4 bridgehead atoms. The number of allylic oxidation sites excluding steroid dienone is 1. The van der Waals surface area contributed by atoms with Crippen molar-refractivity contribution in [3.05, 3.63) is 69.7 Å². The van der Waals surface area contributed by atoms with Crippen LogP contribution in [-0.4, -0.2) is 49.8 Å². The summed E-state index contributed by atoms with van der Waals surface area (Å²) in [6.45, 7) is 3.55. The molecule has 0 radical (unpaired) electrons. The van der Waals surface area contributed by atoms with Gasteiger partial charge in [0, 0.05) is 12.1 Å². The van der Waals surface area contributed by atoms with Crippen LogP contribution in [0.3, 0.4) is 0 Å². The fourth-order valence-electron chi connectivity index (χ4n) is 3.53. The van der Waals surface area contributed by atoms with E-state index in [1.54, 1.807) is 43.3 Å². The van der Waals surface area contributed by atoms with Gasteiger partial charge in [0.15, 0.2) is 5.96 Å². The lowest BCUT2D eigenvalue weighted by molar-refractivity contribution is -0.117. The van der Waals surface area contributed by atoms with E-state index in [2.05, 4.69) is 26.1 Å². The zero-order valence-electron chi connectivity index (χ0n) is 21.6. The summed E-state index contributed by atoms with van der Waals surface area (Å²) in [5, 5.41) is 13.3. The van der Waals surface area contributed by atoms with E-state index in [0.29, 0.717) is 48.0 Å². The van der Waals surface area contributed by atoms with Gasteiger partial charge in [0.2, 0.25) is 5.91 Å². The molecule has 0 aromatic heterocycles. The minimum absolute atomic E-state index is 0.0790. The lowest BCUT2D eigenvalue weighted by Crippen LogP contribution is -2.32. The number of hydrogen-bond donors (Lipinski definition) is 4. The van der Waals surface area contributed by atoms with Gasteiger partial charge in [0.05, 0.1) is 34.4 Å². The van der Waals surface area contributed by atoms with Gasteiger partial charge in [-0.05, 0) is 68.3 Å². The van der Waals surface area contributed by atoms with E-state index in [1.807, 2.05) is 12.2 Å². The highest BCUT2D eigenvalue weighted by Gasteiger charge is 2.14. The maximum atomic E-state index is 12.6. The number of aliphatic imine (C=N–C) groups is 1. The normalized spacial score (nSPS) is 19.5. The quantitative estimate of drug-likeness (QED) is 0.314. The number of halogens is 2. The number of benzene rings is 2. The number of ether oxygens (including phenoxy) is 1. The molecule has 2 aromatic rings. The fraction of sp³-hybridized carbons (Fsp3) is 0.333. The Bertz CT molecular complexity index is 1210. The third-order valence-corrected chi connectivity index (χ3v) is 6.01. The molecule has 5 N–H and O–H groups in total. The molecule has 0 aliphatic carbocycles. The zero-order valence-corrected chi connectivity index (χ0v) is 23.1. The highest BCUT2D eigenvalue weighted by Crippen LogP contribution is 2.31. The van der Waals surface area contributed by atoms with Crippen LogP contribution in [0.5, 0.6) is 5.75 Å². The number of hydrogen-bond acceptors (Lipinski definition) is 8. The molecule has 0 atom stereocenters. The van der Waals surface area contributed by atoms with Crippen molar-refractivity contribution in [2.45, 2.75) is 32.7 Å². The van der Waals surface area contributed by atoms with Crippen molar-refractivity contribution >= 4 is 52.4 Å². The first-order valence-corrected chi connectivity index (χ1v) is 13.3. The second-order valence-corrected chi connectivity index (χ2v) is 9.30. The number of guanidine groups is 1. The van der Waals surface area contributed by atoms with E-state index in [1.165, 1.54) is 0 Å². The first kappa shape index (κ1) is 29.9. The topological polar surface area (TPSA) is 139 Å². The minimum Gasteiger partial charge on any atom is -0.490 e. The second kappa shape index (κ2) is 15.7. The Morgan fingerprint density at radius 1 is 1.10 bits per heavy atom. The number of oxime groups is 1. The number of nitrogens with one attached hydrogen (secondary N) is 3. The summed E-state index contributed by atoms with van der Waals surface area (Å²) in [5.41, 5.74) is 8.05. The molecular weight excluding hydrogens is 543 g/mol. The molecule has 6 rings (SSSR count). The summed E-state index contributed by atoms with van der Waals surface area (Å²) in [6, 6.07) is 10.5. The van der Waals surface area contributed by atoms with Crippen LogP contribution in [0.4, 0.5) is 5.69 Å². The van der Waals surface area contributed by atoms with Crippen molar-refractivity contribution in [3.8, 4) is 5.75 Å². The predicted octanol–water partition coefficient (Wildman–Crippen LogP) is 4.01. The molecule has 208 valence electrons. The summed E-state index contributed by atoms with van der Waals surface area (Å²) in [7, 11) is 0. The van der Waals surface area contributed by atoms with Crippen LogP contribution in [0.1, 0.15) is 37.3 Å². The first-order valence-electron chi connectivity index (χ1n) is 12.5. The number of anilines is 1. The highest BCUT2D eigenvalue weighted by molar-refractivity contribution is 6.39. The Labute approximate surface area is 237 Å². The maximum absolute atomic E-state index is 12.6. The van der Waals surface area contributed by atoms with Crippen molar-refractivity contribution < 1.29 is 19.2 Å². The summed E-state index contributed by atoms with van der Waals surface area (Å²) < 4.78 is 5.75. The summed E-state index contributed by atoms with van der Waals surface area (Å²) in [4.78, 5) is 34.1. The van der Waals surface area contributed by atoms with Crippen LogP contribution in [0.25, 0.3) is 0 Å². The molecular formula is C27H32Cl2N6O4. The third-order valence-electron chi connectivity index (χ3n) is 5.42. The van der Waals surface area contributed by atoms with Crippen LogP contribution in [0.2, 0.25) is 10.0 Å². The summed E-state index contributed by atoms with van der Waals surface area (Å²) in [5.74, 6) is -0.167. The molecule has 0 unspecified atom stereocenters. The number of carbonyl (C=O) groups is 2. The van der Waals surface area contributed by atoms with Crippen LogP contribution >= 0.6 is 23.2 Å². The SMILES string of the molecule is CCO/N=C1\CC(=O)/N=C(/N)NCc2cc(Cl)c(c(Cl)c2)NC(=O)CNCCC/C=C\COc2ccc1cc2. The molecule has 2 aromatic carbocycles. The first-order chi connectivity index (χ1) is 18.9. The summed E-state index contributed by atoms with van der Waals surface area (Å²) in [6.07, 6.45) is 5.54. The monoisotopic (exact) mass is 574 g/mol. The molecule has 39 heavy (non-hydrogen) atoms. The number of amides is 2. The molecule has 0 saturated carbocycles. The van der Waals surface area contributed by atoms with E-state index in [0.717, 1.165) is 12.8 Å². The van der Waals surface area contributed by atoms with Crippen molar-refractivity contribution in [2.75, 3.05) is 31.6 Å². The van der Waals surface area contributed by atoms with Crippen molar-refractivity contribution in [3.63, 3.8) is 0 Å². The van der Waals surface area contributed by atoms with E-state index in [-0.39, 0.29) is 41.4 Å². The molecule has 10 nitrogen and oxygen atoms in total. The van der Waals surface area contributed by atoms with Crippen molar-refractivity contribution in [2.24, 2.45) is 15.9 Å². The van der Waals surface area contributed by atoms with Crippen molar-refractivity contribution in [1.29, 1.82) is 0 Å². The van der Waals surface area contributed by atoms with E-state index in [4.69, 9.17) is 38.5 Å². The largest absolute Gasteiger partial charge is 0.490 e. The number of nitrogens with zero attached hydrogens (tertiary/aromatic N) is 2. The molecule has 12 heteroatoms. The van der Waals surface area contributed by atoms with Crippen LogP contribution in [-0.2, 0) is 21.0 Å². The Hall–Kier alpha value is -3.60. The molecule has 0 fully saturated rings. The molecule has 0 spiro atoms. The fourth-order valence-corrected chi connectivity index (χ4v) is 4.16. The van der Waals surface area contributed by atoms with Gasteiger partial charge in [-0.25, -0.2) is 0 Å². The number of nitrogens with two attached hydrogens (primary N) is 1. The Morgan fingerprint density at radius 2 is 1.85 bits per heavy atom. The number of rotatable bonds is 2. The van der Waals surface area contributed by atoms with Gasteiger partial charge in [-0.15, -0.1) is 0 Å². The standard InChI is InChI=1S/C27H32Cl2N6O4/c1-2-39-35-23-15-24(36)34-27(30)32-16-18-13-21(28)26(22(29)14-18)33-25(37)17-31-11-5-3-4-6-12-38-20-9-7-19(23)8-10-20/h4,6-10,13-14,31H,2-3,5,11-12,15-17H2,1H3,(H,33,37)(H3,30,32,34,36)/b6-4-,35-23+. The van der Waals surface area contributed by atoms with E-state index < -0.39 is 5.91 Å². The van der Waals surface area contributed by atoms with Gasteiger partial charge >= 0.3 is 0 Å². The van der Waals surface area contributed by atoms with Gasteiger partial charge in [0.25, 0.3) is 5.91 Å². The van der Waals surface area contributed by atoms with Crippen LogP contribution < -0.4 is 26.4 Å². The van der Waals surface area contributed by atoms with Gasteiger partial charge < -0.3 is 31.3 Å². The van der Waals surface area contributed by atoms with Gasteiger partial charge in [-0.3, -0.25) is 9.59 Å². The average molecular weight is 575 g/mol. The lowest BCUT2D eigenvalue weighted by atomic mass is 10.1. The van der Waals surface area contributed by atoms with Gasteiger partial charge in [-0.1, -0.05) is 40.5 Å². The third kappa shape index (κ3) is 10.2. The Balaban J connectivity index is 1.78. The molecule has 4 heterocycles. The Kier molecular flexibility index (Phi) is 12.1. The van der Waals surface area contributed by atoms with Gasteiger partial charge in [-0.2, -0.15) is 4.99 Å². The molecule has 0 saturated heterocycles. The smallest absolute Gasteiger partial charge is 0.255 e. The van der Waals surface area contributed by atoms with Gasteiger partial charge in [0.1, 0.15) is 19.0 Å². The second-order valence-electron chi connectivity index (χ2n) is 8.49. The molecule has 2 amide bonds. The van der Waals surface area contributed by atoms with E-state index >= 15 is 0 Å². The maximum Gasteiger partial charge on any atom is 0.255 e. The summed E-state index contributed by atoms with van der Waals surface area (Å²) >= 11 is 12.7. The minimum atomic E-state index is -0.506. The number of carbonyl (C=O) groups excluding carboxylic acids is 2. The molecule has 4 aliphatic heterocycles. The van der Waals surface area contributed by atoms with Crippen molar-refractivity contribution in [1.82, 2.24) is 10.6 Å². The average Bonchev–Trinajstić information content (AvgIpc) is 2.91. The van der Waals surface area contributed by atoms with Crippen LogP contribution in [0.15, 0.2) is 58.7 Å². The lowest BCUT2D eigenvalue weighted by Gasteiger charge is -2.13. The van der Waals surface area contributed by atoms with Crippen LogP contribution in [0, 0.1) is 0 Å². The Morgan fingerprint density at radius 3 is 2.56 bits per heavy atom. The zero-order chi connectivity index (χ0) is 28.0. The molecule has 4 aliphatic rings.